The standard InChI is InChI=1S/C33H38N6O3/c1-4-29(40)39-20-19-38(21-24(39)15-17-34)30-27-14-16-33(2,28-13-7-10-23-9-5-6-12-26(23)28)42-31(27)36-32(35-30)41-22-25-11-8-18-37(25)3/h4-7,9-10,12-13,24-25H,1,8,11,14-16,18-22H2,2-3H3/t24-,25-,33?/m0/s1. The van der Waals surface area contributed by atoms with Gasteiger partial charge in [-0.15, -0.1) is 0 Å². The maximum absolute atomic E-state index is 12.5. The summed E-state index contributed by atoms with van der Waals surface area (Å²) in [5, 5.41) is 11.9. The van der Waals surface area contributed by atoms with Gasteiger partial charge in [0.25, 0.3) is 0 Å². The summed E-state index contributed by atoms with van der Waals surface area (Å²) in [7, 11) is 2.12. The minimum atomic E-state index is -0.582. The molecule has 3 aliphatic rings. The smallest absolute Gasteiger partial charge is 0.321 e. The Kier molecular flexibility index (Phi) is 7.74. The van der Waals surface area contributed by atoms with E-state index in [-0.39, 0.29) is 18.4 Å². The van der Waals surface area contributed by atoms with E-state index in [4.69, 9.17) is 19.4 Å². The lowest BCUT2D eigenvalue weighted by molar-refractivity contribution is -0.128. The fourth-order valence-electron chi connectivity index (χ4n) is 6.66. The third kappa shape index (κ3) is 5.27. The van der Waals surface area contributed by atoms with Crippen LogP contribution in [0.15, 0.2) is 55.1 Å². The van der Waals surface area contributed by atoms with Crippen molar-refractivity contribution in [1.82, 2.24) is 19.8 Å². The van der Waals surface area contributed by atoms with Crippen LogP contribution in [-0.4, -0.2) is 77.6 Å². The van der Waals surface area contributed by atoms with E-state index < -0.39 is 5.60 Å². The Balaban J connectivity index is 1.36. The summed E-state index contributed by atoms with van der Waals surface area (Å²) in [6.07, 6.45) is 5.27. The summed E-state index contributed by atoms with van der Waals surface area (Å²) < 4.78 is 13.1. The van der Waals surface area contributed by atoms with Crippen molar-refractivity contribution in [3.63, 3.8) is 0 Å². The van der Waals surface area contributed by atoms with Gasteiger partial charge in [-0.05, 0) is 63.0 Å². The van der Waals surface area contributed by atoms with Crippen molar-refractivity contribution in [2.24, 2.45) is 0 Å². The molecule has 0 bridgehead atoms. The highest BCUT2D eigenvalue weighted by molar-refractivity contribution is 5.88. The molecule has 42 heavy (non-hydrogen) atoms. The Morgan fingerprint density at radius 3 is 2.81 bits per heavy atom. The molecule has 1 aromatic heterocycles. The van der Waals surface area contributed by atoms with E-state index in [1.807, 2.05) is 0 Å². The zero-order chi connectivity index (χ0) is 29.3. The monoisotopic (exact) mass is 566 g/mol. The van der Waals surface area contributed by atoms with Crippen LogP contribution in [0.25, 0.3) is 10.8 Å². The maximum Gasteiger partial charge on any atom is 0.321 e. The zero-order valence-electron chi connectivity index (χ0n) is 24.5. The largest absolute Gasteiger partial charge is 0.466 e. The molecule has 0 spiro atoms. The number of likely N-dealkylation sites (N-methyl/N-ethyl adjacent to an activating group) is 1. The lowest BCUT2D eigenvalue weighted by atomic mass is 9.84. The number of ether oxygens (including phenoxy) is 2. The summed E-state index contributed by atoms with van der Waals surface area (Å²) in [6, 6.07) is 17.3. The van der Waals surface area contributed by atoms with Gasteiger partial charge >= 0.3 is 6.01 Å². The number of hydrogen-bond donors (Lipinski definition) is 0. The molecule has 1 amide bonds. The summed E-state index contributed by atoms with van der Waals surface area (Å²) >= 11 is 0. The summed E-state index contributed by atoms with van der Waals surface area (Å²) in [5.41, 5.74) is 1.49. The van der Waals surface area contributed by atoms with E-state index in [1.165, 1.54) is 16.8 Å². The van der Waals surface area contributed by atoms with Crippen molar-refractivity contribution < 1.29 is 14.3 Å². The first-order valence-electron chi connectivity index (χ1n) is 14.9. The zero-order valence-corrected chi connectivity index (χ0v) is 24.5. The van der Waals surface area contributed by atoms with E-state index in [1.54, 1.807) is 4.90 Å². The molecule has 3 aliphatic heterocycles. The Morgan fingerprint density at radius 2 is 2.02 bits per heavy atom. The molecule has 218 valence electrons. The van der Waals surface area contributed by atoms with Gasteiger partial charge in [-0.1, -0.05) is 49.0 Å². The van der Waals surface area contributed by atoms with E-state index >= 15 is 0 Å². The number of aromatic nitrogens is 2. The summed E-state index contributed by atoms with van der Waals surface area (Å²) in [4.78, 5) is 28.5. The van der Waals surface area contributed by atoms with Gasteiger partial charge in [0, 0.05) is 31.2 Å². The molecule has 2 aromatic carbocycles. The third-order valence-corrected chi connectivity index (χ3v) is 9.10. The second kappa shape index (κ2) is 11.6. The lowest BCUT2D eigenvalue weighted by Crippen LogP contribution is -2.55. The maximum atomic E-state index is 12.5. The molecule has 0 radical (unpaired) electrons. The molecular formula is C33H38N6O3. The third-order valence-electron chi connectivity index (χ3n) is 9.10. The van der Waals surface area contributed by atoms with Crippen LogP contribution in [0.3, 0.4) is 0 Å². The van der Waals surface area contributed by atoms with Crippen molar-refractivity contribution in [3.05, 3.63) is 66.2 Å². The molecule has 3 aromatic rings. The number of anilines is 1. The van der Waals surface area contributed by atoms with Gasteiger partial charge in [0.2, 0.25) is 11.8 Å². The van der Waals surface area contributed by atoms with Gasteiger partial charge in [-0.3, -0.25) is 4.79 Å². The second-order valence-corrected chi connectivity index (χ2v) is 11.8. The highest BCUT2D eigenvalue weighted by atomic mass is 16.5. The highest BCUT2D eigenvalue weighted by Crippen LogP contribution is 2.44. The predicted molar refractivity (Wildman–Crippen MR) is 162 cm³/mol. The van der Waals surface area contributed by atoms with Gasteiger partial charge in [0.1, 0.15) is 18.0 Å². The number of benzene rings is 2. The fourth-order valence-corrected chi connectivity index (χ4v) is 6.66. The van der Waals surface area contributed by atoms with Crippen LogP contribution in [0.1, 0.15) is 43.7 Å². The van der Waals surface area contributed by atoms with E-state index in [0.29, 0.717) is 44.2 Å². The number of nitrogens with zero attached hydrogens (tertiary/aromatic N) is 6. The number of rotatable bonds is 7. The number of piperazine rings is 1. The lowest BCUT2D eigenvalue weighted by Gasteiger charge is -2.42. The number of likely N-dealkylation sites (tertiary alicyclic amines) is 1. The molecule has 6 rings (SSSR count). The van der Waals surface area contributed by atoms with Gasteiger partial charge in [0.05, 0.1) is 24.1 Å². The van der Waals surface area contributed by atoms with Crippen LogP contribution in [0, 0.1) is 11.3 Å². The average molecular weight is 567 g/mol. The van der Waals surface area contributed by atoms with E-state index in [0.717, 1.165) is 49.2 Å². The molecule has 0 aliphatic carbocycles. The Hall–Kier alpha value is -4.16. The van der Waals surface area contributed by atoms with Crippen molar-refractivity contribution in [2.45, 2.75) is 56.7 Å². The molecule has 2 saturated heterocycles. The predicted octanol–water partition coefficient (Wildman–Crippen LogP) is 4.46. The molecule has 4 heterocycles. The molecule has 3 atom stereocenters. The molecule has 0 saturated carbocycles. The van der Waals surface area contributed by atoms with E-state index in [9.17, 15) is 10.1 Å². The molecule has 1 unspecified atom stereocenters. The fraction of sp³-hybridized carbons (Fsp3) is 0.455. The first-order chi connectivity index (χ1) is 20.4. The first kappa shape index (κ1) is 28.0. The molecule has 2 fully saturated rings. The van der Waals surface area contributed by atoms with E-state index in [2.05, 4.69) is 78.9 Å². The van der Waals surface area contributed by atoms with Gasteiger partial charge < -0.3 is 24.2 Å². The molecular weight excluding hydrogens is 528 g/mol. The molecule has 0 N–H and O–H groups in total. The summed E-state index contributed by atoms with van der Waals surface area (Å²) in [5.74, 6) is 1.15. The number of carbonyl (C=O) groups excluding carboxylic acids is 1. The van der Waals surface area contributed by atoms with Crippen LogP contribution in [0.2, 0.25) is 0 Å². The van der Waals surface area contributed by atoms with Gasteiger partial charge in [0.15, 0.2) is 0 Å². The minimum Gasteiger partial charge on any atom is -0.466 e. The van der Waals surface area contributed by atoms with Crippen molar-refractivity contribution >= 4 is 22.5 Å². The van der Waals surface area contributed by atoms with Crippen LogP contribution < -0.4 is 14.4 Å². The number of amides is 1. The van der Waals surface area contributed by atoms with Crippen LogP contribution in [0.4, 0.5) is 5.82 Å². The molecule has 9 heteroatoms. The molecule has 9 nitrogen and oxygen atoms in total. The highest BCUT2D eigenvalue weighted by Gasteiger charge is 2.39. The van der Waals surface area contributed by atoms with Crippen LogP contribution in [-0.2, 0) is 16.8 Å². The Bertz CT molecular complexity index is 1530. The van der Waals surface area contributed by atoms with Gasteiger partial charge in [-0.2, -0.15) is 15.2 Å². The van der Waals surface area contributed by atoms with Gasteiger partial charge in [-0.25, -0.2) is 0 Å². The number of fused-ring (bicyclic) bond motifs is 2. The van der Waals surface area contributed by atoms with Crippen LogP contribution in [0.5, 0.6) is 11.9 Å². The quantitative estimate of drug-likeness (QED) is 0.387. The number of nitriles is 1. The second-order valence-electron chi connectivity index (χ2n) is 11.8. The number of hydrogen-bond acceptors (Lipinski definition) is 8. The van der Waals surface area contributed by atoms with Crippen LogP contribution >= 0.6 is 0 Å². The normalized spacial score (nSPS) is 24.1. The number of carbonyl (C=O) groups is 1. The summed E-state index contributed by atoms with van der Waals surface area (Å²) in [6.45, 7) is 8.90. The average Bonchev–Trinajstić information content (AvgIpc) is 3.43. The SMILES string of the molecule is C=CC(=O)N1CCN(c2nc(OC[C@@H]3CCCN3C)nc3c2CCC(C)(c2cccc4ccccc24)O3)C[C@@H]1CC#N. The first-order valence-corrected chi connectivity index (χ1v) is 14.9. The topological polar surface area (TPSA) is 94.8 Å². The Morgan fingerprint density at radius 1 is 1.19 bits per heavy atom. The Labute approximate surface area is 247 Å². The van der Waals surface area contributed by atoms with Crippen molar-refractivity contribution in [2.75, 3.05) is 44.7 Å². The van der Waals surface area contributed by atoms with Crippen molar-refractivity contribution in [1.29, 1.82) is 5.26 Å². The minimum absolute atomic E-state index is 0.154. The van der Waals surface area contributed by atoms with Crippen molar-refractivity contribution in [3.8, 4) is 18.0 Å².